The van der Waals surface area contributed by atoms with Crippen molar-refractivity contribution in [3.8, 4) is 11.1 Å². The molecule has 0 N–H and O–H groups in total. The minimum atomic E-state index is -0.227. The molecule has 0 fully saturated rings. The topological polar surface area (TPSA) is 69.1 Å². The number of para-hydroxylation sites is 1. The van der Waals surface area contributed by atoms with E-state index < -0.39 is 0 Å². The fraction of sp³-hybridized carbons (Fsp3) is 0.0714. The average Bonchev–Trinajstić information content (AvgIpc) is 2.56. The highest BCUT2D eigenvalue weighted by atomic mass is 16.2. The number of azide groups is 1. The second-order valence-corrected chi connectivity index (χ2v) is 4.24. The maximum absolute atomic E-state index is 12.2. The summed E-state index contributed by atoms with van der Waals surface area (Å²) in [5.41, 5.74) is 12.1. The molecule has 5 nitrogen and oxygen atoms in total. The Balaban J connectivity index is 2.31. The van der Waals surface area contributed by atoms with Crippen LogP contribution >= 0.6 is 0 Å². The molecular weight excluding hydrogens is 240 g/mol. The van der Waals surface area contributed by atoms with Gasteiger partial charge in [-0.15, -0.1) is 10.5 Å². The number of nitrogens with zero attached hydrogens (tertiary/aromatic N) is 4. The molecule has 0 unspecified atom stereocenters. The first-order chi connectivity index (χ1) is 9.31. The zero-order valence-corrected chi connectivity index (χ0v) is 10.0. The van der Waals surface area contributed by atoms with Crippen LogP contribution in [0.4, 0.5) is 5.69 Å². The van der Waals surface area contributed by atoms with Gasteiger partial charge in [0.2, 0.25) is 0 Å². The molecule has 2 aromatic carbocycles. The van der Waals surface area contributed by atoms with Crippen molar-refractivity contribution < 1.29 is 4.79 Å². The van der Waals surface area contributed by atoms with Crippen LogP contribution in [0, 0.1) is 0 Å². The first kappa shape index (κ1) is 11.3. The van der Waals surface area contributed by atoms with Crippen molar-refractivity contribution in [2.75, 3.05) is 5.01 Å². The summed E-state index contributed by atoms with van der Waals surface area (Å²) in [4.78, 5) is 14.9. The van der Waals surface area contributed by atoms with Gasteiger partial charge in [-0.1, -0.05) is 42.5 Å². The van der Waals surface area contributed by atoms with Crippen LogP contribution in [0.5, 0.6) is 0 Å². The Hall–Kier alpha value is -2.78. The van der Waals surface area contributed by atoms with Gasteiger partial charge in [0.25, 0.3) is 0 Å². The highest BCUT2D eigenvalue weighted by Crippen LogP contribution is 2.36. The Morgan fingerprint density at radius 3 is 2.53 bits per heavy atom. The summed E-state index contributed by atoms with van der Waals surface area (Å²) in [7, 11) is 0. The van der Waals surface area contributed by atoms with Gasteiger partial charge in [0.1, 0.15) is 5.69 Å². The van der Waals surface area contributed by atoms with Gasteiger partial charge in [0, 0.05) is 5.56 Å². The molecule has 0 aliphatic carbocycles. The highest BCUT2D eigenvalue weighted by Gasteiger charge is 2.28. The van der Waals surface area contributed by atoms with Crippen LogP contribution in [-0.4, -0.2) is 5.91 Å². The summed E-state index contributed by atoms with van der Waals surface area (Å²) in [6.45, 7) is 0. The van der Waals surface area contributed by atoms with E-state index >= 15 is 0 Å². The second kappa shape index (κ2) is 4.48. The highest BCUT2D eigenvalue weighted by molar-refractivity contribution is 6.01. The van der Waals surface area contributed by atoms with Crippen molar-refractivity contribution in [1.29, 1.82) is 0 Å². The SMILES string of the molecule is [N-]=[N+]=NN1C(=O)Cc2ccccc2-c2ccccc21. The molecule has 0 atom stereocenters. The van der Waals surface area contributed by atoms with Crippen LogP contribution in [-0.2, 0) is 11.2 Å². The van der Waals surface area contributed by atoms with Crippen LogP contribution < -0.4 is 5.01 Å². The number of benzene rings is 2. The minimum Gasteiger partial charge on any atom is -0.246 e. The average molecular weight is 250 g/mol. The fourth-order valence-corrected chi connectivity index (χ4v) is 2.33. The molecule has 3 rings (SSSR count). The molecule has 0 saturated carbocycles. The van der Waals surface area contributed by atoms with Crippen molar-refractivity contribution in [3.05, 3.63) is 64.5 Å². The van der Waals surface area contributed by atoms with Gasteiger partial charge in [-0.25, -0.2) is 4.79 Å². The van der Waals surface area contributed by atoms with E-state index in [-0.39, 0.29) is 12.3 Å². The molecule has 1 amide bonds. The first-order valence-electron chi connectivity index (χ1n) is 5.86. The zero-order valence-electron chi connectivity index (χ0n) is 10.0. The van der Waals surface area contributed by atoms with Crippen LogP contribution in [0.1, 0.15) is 5.56 Å². The lowest BCUT2D eigenvalue weighted by Gasteiger charge is -2.11. The van der Waals surface area contributed by atoms with Crippen molar-refractivity contribution in [2.45, 2.75) is 6.42 Å². The molecule has 0 saturated heterocycles. The van der Waals surface area contributed by atoms with E-state index in [1.54, 1.807) is 6.07 Å². The van der Waals surface area contributed by atoms with E-state index in [9.17, 15) is 4.79 Å². The second-order valence-electron chi connectivity index (χ2n) is 4.24. The number of hydrogen-bond acceptors (Lipinski definition) is 2. The smallest absolute Gasteiger partial charge is 0.246 e. The van der Waals surface area contributed by atoms with Gasteiger partial charge in [0.15, 0.2) is 0 Å². The van der Waals surface area contributed by atoms with Crippen LogP contribution in [0.25, 0.3) is 21.6 Å². The normalized spacial score (nSPS) is 13.1. The van der Waals surface area contributed by atoms with Crippen LogP contribution in [0.2, 0.25) is 0 Å². The van der Waals surface area contributed by atoms with Crippen molar-refractivity contribution >= 4 is 11.6 Å². The molecule has 1 aliphatic rings. The third-order valence-electron chi connectivity index (χ3n) is 3.15. The predicted octanol–water partition coefficient (Wildman–Crippen LogP) is 3.47. The van der Waals surface area contributed by atoms with Crippen molar-refractivity contribution in [3.63, 3.8) is 0 Å². The van der Waals surface area contributed by atoms with Gasteiger partial charge in [-0.05, 0) is 22.4 Å². The molecule has 19 heavy (non-hydrogen) atoms. The molecule has 2 aromatic rings. The van der Waals surface area contributed by atoms with Crippen molar-refractivity contribution in [1.82, 2.24) is 0 Å². The number of anilines is 1. The van der Waals surface area contributed by atoms with Crippen LogP contribution in [0.15, 0.2) is 53.8 Å². The van der Waals surface area contributed by atoms with Gasteiger partial charge in [-0.2, -0.15) is 4.91 Å². The molecule has 1 heterocycles. The lowest BCUT2D eigenvalue weighted by molar-refractivity contribution is -0.118. The number of carbonyl (C=O) groups is 1. The Labute approximate surface area is 109 Å². The minimum absolute atomic E-state index is 0.226. The maximum atomic E-state index is 12.2. The van der Waals surface area contributed by atoms with Gasteiger partial charge < -0.3 is 0 Å². The van der Waals surface area contributed by atoms with Gasteiger partial charge >= 0.3 is 5.91 Å². The molecule has 1 aliphatic heterocycles. The molecule has 0 bridgehead atoms. The number of rotatable bonds is 1. The quantitative estimate of drug-likeness (QED) is 0.434. The summed E-state index contributed by atoms with van der Waals surface area (Å²) in [5, 5.41) is 4.65. The lowest BCUT2D eigenvalue weighted by Crippen LogP contribution is -2.25. The zero-order chi connectivity index (χ0) is 13.2. The van der Waals surface area contributed by atoms with Gasteiger partial charge in [-0.3, -0.25) is 0 Å². The monoisotopic (exact) mass is 250 g/mol. The molecular formula is C14H10N4O. The third kappa shape index (κ3) is 1.82. The van der Waals surface area contributed by atoms with E-state index in [4.69, 9.17) is 5.53 Å². The third-order valence-corrected chi connectivity index (χ3v) is 3.15. The number of amides is 1. The van der Waals surface area contributed by atoms with E-state index in [1.165, 1.54) is 0 Å². The number of carbonyl (C=O) groups excluding carboxylic acids is 1. The fourth-order valence-electron chi connectivity index (χ4n) is 2.33. The summed E-state index contributed by atoms with van der Waals surface area (Å²) in [6, 6.07) is 15.2. The Morgan fingerprint density at radius 1 is 1.05 bits per heavy atom. The predicted molar refractivity (Wildman–Crippen MR) is 72.2 cm³/mol. The summed E-state index contributed by atoms with van der Waals surface area (Å²) < 4.78 is 0. The van der Waals surface area contributed by atoms with Crippen LogP contribution in [0.3, 0.4) is 0 Å². The lowest BCUT2D eigenvalue weighted by atomic mass is 9.98. The standard InChI is InChI=1S/C14H10N4O/c15-16-17-18-13-8-4-3-7-12(13)11-6-2-1-5-10(11)9-14(18)19/h1-8H,9H2. The van der Waals surface area contributed by atoms with E-state index in [0.29, 0.717) is 5.69 Å². The van der Waals surface area contributed by atoms with E-state index in [0.717, 1.165) is 21.7 Å². The molecule has 0 aromatic heterocycles. The first-order valence-corrected chi connectivity index (χ1v) is 5.86. The van der Waals surface area contributed by atoms with Crippen molar-refractivity contribution in [2.24, 2.45) is 5.22 Å². The summed E-state index contributed by atoms with van der Waals surface area (Å²) >= 11 is 0. The summed E-state index contributed by atoms with van der Waals surface area (Å²) in [5.74, 6) is -0.227. The van der Waals surface area contributed by atoms with E-state index in [1.807, 2.05) is 42.5 Å². The Bertz CT molecular complexity index is 704. The molecule has 0 radical (unpaired) electrons. The molecule has 92 valence electrons. The molecule has 5 heteroatoms. The Kier molecular flexibility index (Phi) is 2.67. The van der Waals surface area contributed by atoms with Gasteiger partial charge in [0.05, 0.1) is 6.42 Å². The largest absolute Gasteiger partial charge is 0.322 e. The summed E-state index contributed by atoms with van der Waals surface area (Å²) in [6.07, 6.45) is 0.226. The number of hydrogen-bond donors (Lipinski definition) is 0. The van der Waals surface area contributed by atoms with E-state index in [2.05, 4.69) is 10.1 Å². The maximum Gasteiger partial charge on any atom is 0.322 e. The molecule has 0 spiro atoms. The number of fused-ring (bicyclic) bond motifs is 3. The Morgan fingerprint density at radius 2 is 1.74 bits per heavy atom.